The van der Waals surface area contributed by atoms with Gasteiger partial charge in [-0.15, -0.1) is 0 Å². The Morgan fingerprint density at radius 2 is 1.77 bits per heavy atom. The molecular weight excluding hydrogens is 410 g/mol. The normalized spacial score (nSPS) is 17.7. The van der Waals surface area contributed by atoms with Gasteiger partial charge in [0.05, 0.1) is 5.69 Å². The minimum absolute atomic E-state index is 0.0211. The molecule has 0 aromatic heterocycles. The number of rotatable bonds is 11. The second kappa shape index (κ2) is 12.2. The zero-order valence-electron chi connectivity index (χ0n) is 19.1. The van der Waals surface area contributed by atoms with Crippen LogP contribution < -0.4 is 5.32 Å². The Morgan fingerprint density at radius 3 is 2.40 bits per heavy atom. The van der Waals surface area contributed by atoms with Crippen LogP contribution in [0, 0.1) is 17.3 Å². The van der Waals surface area contributed by atoms with E-state index < -0.39 is 0 Å². The average Bonchev–Trinajstić information content (AvgIpc) is 3.21. The van der Waals surface area contributed by atoms with Crippen LogP contribution in [0.25, 0.3) is 0 Å². The van der Waals surface area contributed by atoms with E-state index in [4.69, 9.17) is 0 Å². The van der Waals surface area contributed by atoms with Crippen LogP contribution in [-0.4, -0.2) is 16.3 Å². The van der Waals surface area contributed by atoms with E-state index in [0.717, 1.165) is 68.4 Å². The number of para-hydroxylation sites is 1. The summed E-state index contributed by atoms with van der Waals surface area (Å²) in [6.07, 6.45) is 9.03. The van der Waals surface area contributed by atoms with Crippen molar-refractivity contribution >= 4 is 41.1 Å². The fourth-order valence-corrected chi connectivity index (χ4v) is 5.15. The third kappa shape index (κ3) is 7.33. The van der Waals surface area contributed by atoms with Crippen LogP contribution in [-0.2, 0) is 9.59 Å². The number of thioether (sulfide) groups is 1. The Hall–Kier alpha value is -0.940. The molecule has 1 aromatic rings. The molecule has 1 aliphatic carbocycles. The lowest BCUT2D eigenvalue weighted by Gasteiger charge is -2.29. The predicted octanol–water partition coefficient (Wildman–Crippen LogP) is 7.37. The number of carbonyl (C=O) groups is 2. The molecule has 0 heterocycles. The third-order valence-corrected chi connectivity index (χ3v) is 8.20. The summed E-state index contributed by atoms with van der Waals surface area (Å²) in [5, 5.41) is 3.70. The van der Waals surface area contributed by atoms with Crippen LogP contribution in [0.1, 0.15) is 85.5 Å². The van der Waals surface area contributed by atoms with Crippen molar-refractivity contribution in [2.24, 2.45) is 17.3 Å². The molecule has 0 aliphatic heterocycles. The number of nitrogens with one attached hydrogen (secondary N) is 1. The van der Waals surface area contributed by atoms with Crippen molar-refractivity contribution < 1.29 is 9.59 Å². The molecular formula is C25H39NO2S2. The molecule has 2 rings (SSSR count). The Kier molecular flexibility index (Phi) is 10.3. The topological polar surface area (TPSA) is 46.2 Å². The molecule has 3 nitrogen and oxygen atoms in total. The van der Waals surface area contributed by atoms with Gasteiger partial charge in [0, 0.05) is 21.5 Å². The minimum Gasteiger partial charge on any atom is -0.325 e. The number of benzene rings is 1. The van der Waals surface area contributed by atoms with Gasteiger partial charge in [-0.25, -0.2) is 0 Å². The Morgan fingerprint density at radius 1 is 1.10 bits per heavy atom. The van der Waals surface area contributed by atoms with Gasteiger partial charge in [-0.2, -0.15) is 12.6 Å². The summed E-state index contributed by atoms with van der Waals surface area (Å²) in [5.41, 5.74) is 0.519. The van der Waals surface area contributed by atoms with Crippen molar-refractivity contribution in [2.45, 2.75) is 95.6 Å². The quantitative estimate of drug-likeness (QED) is 0.274. The van der Waals surface area contributed by atoms with Gasteiger partial charge in [0.15, 0.2) is 5.12 Å². The molecule has 30 heavy (non-hydrogen) atoms. The lowest BCUT2D eigenvalue weighted by atomic mass is 9.79. The van der Waals surface area contributed by atoms with Gasteiger partial charge < -0.3 is 5.32 Å². The first kappa shape index (κ1) is 25.3. The summed E-state index contributed by atoms with van der Waals surface area (Å²) in [4.78, 5) is 26.9. The molecule has 1 N–H and O–H groups in total. The molecule has 0 radical (unpaired) electrons. The third-order valence-electron chi connectivity index (χ3n) is 6.39. The van der Waals surface area contributed by atoms with Crippen molar-refractivity contribution in [3.05, 3.63) is 24.3 Å². The fraction of sp³-hybridized carbons (Fsp3) is 0.680. The summed E-state index contributed by atoms with van der Waals surface area (Å²) in [6.45, 7) is 8.55. The minimum atomic E-state index is -0.249. The van der Waals surface area contributed by atoms with E-state index in [2.05, 4.69) is 38.7 Å². The van der Waals surface area contributed by atoms with Crippen LogP contribution in [0.4, 0.5) is 5.69 Å². The van der Waals surface area contributed by atoms with E-state index in [1.54, 1.807) is 0 Å². The number of thiol groups is 1. The van der Waals surface area contributed by atoms with E-state index in [1.165, 1.54) is 11.8 Å². The highest BCUT2D eigenvalue weighted by Crippen LogP contribution is 2.44. The summed E-state index contributed by atoms with van der Waals surface area (Å²) in [5.74, 6) is 0.712. The molecule has 1 aliphatic rings. The van der Waals surface area contributed by atoms with Crippen LogP contribution >= 0.6 is 24.4 Å². The highest BCUT2D eigenvalue weighted by atomic mass is 32.2. The van der Waals surface area contributed by atoms with E-state index in [9.17, 15) is 9.59 Å². The maximum Gasteiger partial charge on any atom is 0.230 e. The molecule has 1 amide bonds. The molecule has 1 aromatic carbocycles. The van der Waals surface area contributed by atoms with Crippen LogP contribution in [0.15, 0.2) is 29.2 Å². The molecule has 2 unspecified atom stereocenters. The van der Waals surface area contributed by atoms with E-state index in [-0.39, 0.29) is 22.4 Å². The van der Waals surface area contributed by atoms with Crippen molar-refractivity contribution in [1.29, 1.82) is 0 Å². The summed E-state index contributed by atoms with van der Waals surface area (Å²) >= 11 is 5.80. The van der Waals surface area contributed by atoms with Crippen LogP contribution in [0.5, 0.6) is 0 Å². The lowest BCUT2D eigenvalue weighted by Crippen LogP contribution is -2.34. The standard InChI is InChI=1S/C25H39NO2S2/c1-5-20(29)13-12-19(4)23(27)30-22-11-7-6-10-21(22)26-24(28)25(15-8-9-16-25)17-14-18(2)3/h6-7,10-11,18-20,29H,5,8-9,12-17H2,1-4H3,(H,26,28). The smallest absolute Gasteiger partial charge is 0.230 e. The second-order valence-electron chi connectivity index (χ2n) is 9.33. The van der Waals surface area contributed by atoms with Gasteiger partial charge in [-0.3, -0.25) is 9.59 Å². The van der Waals surface area contributed by atoms with Crippen molar-refractivity contribution in [2.75, 3.05) is 5.32 Å². The number of carbonyl (C=O) groups excluding carboxylic acids is 2. The zero-order chi connectivity index (χ0) is 22.1. The Bertz CT molecular complexity index is 698. The van der Waals surface area contributed by atoms with Crippen molar-refractivity contribution in [3.63, 3.8) is 0 Å². The van der Waals surface area contributed by atoms with Crippen LogP contribution in [0.3, 0.4) is 0 Å². The first-order valence-corrected chi connectivity index (χ1v) is 12.9. The molecule has 0 spiro atoms. The zero-order valence-corrected chi connectivity index (χ0v) is 20.8. The summed E-state index contributed by atoms with van der Waals surface area (Å²) in [7, 11) is 0. The molecule has 168 valence electrons. The second-order valence-corrected chi connectivity index (χ2v) is 11.1. The number of amides is 1. The molecule has 1 saturated carbocycles. The number of hydrogen-bond acceptors (Lipinski definition) is 4. The molecule has 0 bridgehead atoms. The molecule has 0 saturated heterocycles. The van der Waals surface area contributed by atoms with E-state index >= 15 is 0 Å². The largest absolute Gasteiger partial charge is 0.325 e. The Labute approximate surface area is 193 Å². The van der Waals surface area contributed by atoms with Crippen molar-refractivity contribution in [1.82, 2.24) is 0 Å². The highest BCUT2D eigenvalue weighted by molar-refractivity contribution is 8.13. The van der Waals surface area contributed by atoms with Gasteiger partial charge in [0.25, 0.3) is 0 Å². The highest BCUT2D eigenvalue weighted by Gasteiger charge is 2.40. The summed E-state index contributed by atoms with van der Waals surface area (Å²) in [6, 6.07) is 7.72. The van der Waals surface area contributed by atoms with Gasteiger partial charge in [0.2, 0.25) is 5.91 Å². The SMILES string of the molecule is CCC(S)CCC(C)C(=O)Sc1ccccc1NC(=O)C1(CCC(C)C)CCCC1. The number of hydrogen-bond donors (Lipinski definition) is 2. The van der Waals surface area contributed by atoms with Gasteiger partial charge >= 0.3 is 0 Å². The maximum atomic E-state index is 13.3. The van der Waals surface area contributed by atoms with E-state index in [0.29, 0.717) is 11.2 Å². The molecule has 2 atom stereocenters. The fourth-order valence-electron chi connectivity index (χ4n) is 4.09. The van der Waals surface area contributed by atoms with Gasteiger partial charge in [-0.05, 0) is 74.8 Å². The van der Waals surface area contributed by atoms with Crippen LogP contribution in [0.2, 0.25) is 0 Å². The number of anilines is 1. The monoisotopic (exact) mass is 449 g/mol. The lowest BCUT2D eigenvalue weighted by molar-refractivity contribution is -0.126. The Balaban J connectivity index is 2.05. The van der Waals surface area contributed by atoms with Gasteiger partial charge in [0.1, 0.15) is 0 Å². The first-order valence-electron chi connectivity index (χ1n) is 11.6. The van der Waals surface area contributed by atoms with Gasteiger partial charge in [-0.1, -0.05) is 52.7 Å². The maximum absolute atomic E-state index is 13.3. The predicted molar refractivity (Wildman–Crippen MR) is 132 cm³/mol. The summed E-state index contributed by atoms with van der Waals surface area (Å²) < 4.78 is 0. The average molecular weight is 450 g/mol. The van der Waals surface area contributed by atoms with E-state index in [1.807, 2.05) is 31.2 Å². The molecule has 1 fully saturated rings. The first-order chi connectivity index (χ1) is 14.3. The molecule has 5 heteroatoms. The van der Waals surface area contributed by atoms with Crippen molar-refractivity contribution in [3.8, 4) is 0 Å².